The molecular weight excluding hydrogens is 762 g/mol. The number of nitrogens with zero attached hydrogens (tertiary/aromatic N) is 5. The van der Waals surface area contributed by atoms with Gasteiger partial charge in [0.1, 0.15) is 30.0 Å². The maximum absolute atomic E-state index is 14.4. The summed E-state index contributed by atoms with van der Waals surface area (Å²) in [4.78, 5) is 94.3. The quantitative estimate of drug-likeness (QED) is 0.0446. The van der Waals surface area contributed by atoms with Crippen molar-refractivity contribution in [2.24, 2.45) is 33.1 Å². The summed E-state index contributed by atoms with van der Waals surface area (Å²) < 4.78 is 13.9. The Morgan fingerprint density at radius 3 is 1.86 bits per heavy atom. The van der Waals surface area contributed by atoms with Crippen molar-refractivity contribution in [2.75, 3.05) is 41.3 Å². The van der Waals surface area contributed by atoms with Crippen LogP contribution in [0.5, 0.6) is 0 Å². The van der Waals surface area contributed by atoms with E-state index >= 15 is 0 Å². The fourth-order valence-corrected chi connectivity index (χ4v) is 6.04. The van der Waals surface area contributed by atoms with Gasteiger partial charge in [-0.25, -0.2) is 4.39 Å². The maximum Gasteiger partial charge on any atom is 0.253 e. The summed E-state index contributed by atoms with van der Waals surface area (Å²) in [6.45, 7) is 5.04. The van der Waals surface area contributed by atoms with Crippen LogP contribution in [-0.4, -0.2) is 128 Å². The Bertz CT molecular complexity index is 1800. The minimum Gasteiger partial charge on any atom is -0.370 e. The zero-order valence-electron chi connectivity index (χ0n) is 35.0. The third-order valence-electron chi connectivity index (χ3n) is 8.80. The number of nitrogens with two attached hydrogens (primary N) is 3. The Morgan fingerprint density at radius 1 is 0.746 bits per heavy atom. The number of hydrogen-bond donors (Lipinski definition) is 6. The zero-order chi connectivity index (χ0) is 44.2. The Hall–Kier alpha value is -6.33. The molecule has 0 heterocycles. The Labute approximate surface area is 345 Å². The molecule has 4 atom stereocenters. The summed E-state index contributed by atoms with van der Waals surface area (Å²) in [5, 5.41) is 8.06. The lowest BCUT2D eigenvalue weighted by molar-refractivity contribution is -0.148. The number of aliphatic imine (C=N–C) groups is 2. The molecule has 0 aromatic heterocycles. The molecule has 2 rings (SSSR count). The van der Waals surface area contributed by atoms with Crippen LogP contribution in [0.3, 0.4) is 0 Å². The van der Waals surface area contributed by atoms with Gasteiger partial charge in [0.25, 0.3) is 5.91 Å². The van der Waals surface area contributed by atoms with Gasteiger partial charge in [0.05, 0.1) is 0 Å². The Balaban J connectivity index is 2.55. The number of benzene rings is 2. The first-order chi connectivity index (χ1) is 27.8. The smallest absolute Gasteiger partial charge is 0.253 e. The SMILES string of the molecule is CC(=O)N(C(=O)/C=C/c1ccccc1)[C@@H](Cc1ccc(F)cc1)C(=O)N[C@H](CCN=C(N(C)C)N(C)C)C(=O)N[C@@H](CC(C)C)C(=O)N[C@@H](CCCN=C(N)N)C(N)=O. The number of amides is 6. The third kappa shape index (κ3) is 17.4. The predicted octanol–water partition coefficient (Wildman–Crippen LogP) is 0.734. The number of nitrogens with one attached hydrogen (secondary N) is 3. The van der Waals surface area contributed by atoms with Crippen molar-refractivity contribution >= 4 is 53.4 Å². The van der Waals surface area contributed by atoms with Gasteiger partial charge < -0.3 is 43.0 Å². The van der Waals surface area contributed by atoms with Crippen LogP contribution in [0.25, 0.3) is 6.08 Å². The van der Waals surface area contributed by atoms with E-state index < -0.39 is 65.4 Å². The first-order valence-corrected chi connectivity index (χ1v) is 19.3. The summed E-state index contributed by atoms with van der Waals surface area (Å²) in [5.74, 6) is -4.86. The van der Waals surface area contributed by atoms with Crippen LogP contribution in [0.4, 0.5) is 4.39 Å². The molecule has 0 saturated carbocycles. The molecule has 6 amide bonds. The number of carbonyl (C=O) groups excluding carboxylic acids is 6. The first-order valence-electron chi connectivity index (χ1n) is 19.3. The van der Waals surface area contributed by atoms with Crippen LogP contribution < -0.4 is 33.2 Å². The molecule has 2 aromatic rings. The number of primary amides is 1. The molecule has 0 bridgehead atoms. The standard InChI is InChI=1S/C41H60FN11O6/c1-26(2)24-33(38(58)48-31(36(43)56)14-11-22-46-40(44)45)50-37(57)32(21-23-47-41(51(4)5)52(6)7)49-39(59)34(25-29-15-18-30(42)19-16-29)53(27(3)54)35(55)20-17-28-12-9-8-10-13-28/h8-10,12-13,15-20,26,31-34H,11,14,21-25H2,1-7H3,(H2,43,56)(H,48,58)(H,49,59)(H,50,57)(H4,44,45,46)/b20-17+/t31-,32+,33-,34-/m0/s1. The highest BCUT2D eigenvalue weighted by molar-refractivity contribution is 6.06. The van der Waals surface area contributed by atoms with Crippen LogP contribution in [0, 0.1) is 11.7 Å². The van der Waals surface area contributed by atoms with Crippen molar-refractivity contribution in [1.29, 1.82) is 0 Å². The molecule has 2 aromatic carbocycles. The Kier molecular flexibility index (Phi) is 20.2. The topological polar surface area (TPSA) is 251 Å². The second kappa shape index (κ2) is 24.4. The van der Waals surface area contributed by atoms with Crippen molar-refractivity contribution in [3.8, 4) is 0 Å². The predicted molar refractivity (Wildman–Crippen MR) is 226 cm³/mol. The number of guanidine groups is 2. The lowest BCUT2D eigenvalue weighted by Gasteiger charge is -2.30. The number of rotatable bonds is 21. The molecule has 18 heteroatoms. The molecule has 322 valence electrons. The lowest BCUT2D eigenvalue weighted by Crippen LogP contribution is -2.59. The summed E-state index contributed by atoms with van der Waals surface area (Å²) >= 11 is 0. The number of hydrogen-bond acceptors (Lipinski definition) is 8. The van der Waals surface area contributed by atoms with Crippen molar-refractivity contribution < 1.29 is 33.2 Å². The molecular formula is C41H60FN11O6. The zero-order valence-corrected chi connectivity index (χ0v) is 35.0. The van der Waals surface area contributed by atoms with E-state index in [1.165, 1.54) is 36.4 Å². The number of halogens is 1. The average molecular weight is 822 g/mol. The summed E-state index contributed by atoms with van der Waals surface area (Å²) in [6, 6.07) is 8.99. The van der Waals surface area contributed by atoms with Gasteiger partial charge in [-0.1, -0.05) is 56.3 Å². The molecule has 0 unspecified atom stereocenters. The van der Waals surface area contributed by atoms with Crippen molar-refractivity contribution in [1.82, 2.24) is 30.7 Å². The van der Waals surface area contributed by atoms with Gasteiger partial charge in [-0.2, -0.15) is 0 Å². The van der Waals surface area contributed by atoms with E-state index in [0.717, 1.165) is 11.8 Å². The maximum atomic E-state index is 14.4. The van der Waals surface area contributed by atoms with E-state index in [-0.39, 0.29) is 50.7 Å². The second-order valence-corrected chi connectivity index (χ2v) is 14.7. The van der Waals surface area contributed by atoms with Crippen LogP contribution in [-0.2, 0) is 35.2 Å². The molecule has 0 radical (unpaired) electrons. The van der Waals surface area contributed by atoms with Gasteiger partial charge in [-0.15, -0.1) is 0 Å². The fraction of sp³-hybridized carbons (Fsp3) is 0.463. The highest BCUT2D eigenvalue weighted by atomic mass is 19.1. The van der Waals surface area contributed by atoms with Crippen LogP contribution in [0.2, 0.25) is 0 Å². The van der Waals surface area contributed by atoms with E-state index in [4.69, 9.17) is 17.2 Å². The summed E-state index contributed by atoms with van der Waals surface area (Å²) in [5.41, 5.74) is 17.5. The highest BCUT2D eigenvalue weighted by Gasteiger charge is 2.36. The normalized spacial score (nSPS) is 13.0. The summed E-state index contributed by atoms with van der Waals surface area (Å²) in [6.07, 6.45) is 2.97. The Morgan fingerprint density at radius 2 is 1.32 bits per heavy atom. The highest BCUT2D eigenvalue weighted by Crippen LogP contribution is 2.15. The third-order valence-corrected chi connectivity index (χ3v) is 8.80. The molecule has 0 aliphatic rings. The number of carbonyl (C=O) groups is 6. The largest absolute Gasteiger partial charge is 0.370 e. The fourth-order valence-electron chi connectivity index (χ4n) is 6.04. The van der Waals surface area contributed by atoms with E-state index in [0.29, 0.717) is 23.5 Å². The molecule has 17 nitrogen and oxygen atoms in total. The molecule has 0 spiro atoms. The molecule has 0 fully saturated rings. The molecule has 0 saturated heterocycles. The second-order valence-electron chi connectivity index (χ2n) is 14.7. The van der Waals surface area contributed by atoms with Crippen molar-refractivity contribution in [3.05, 3.63) is 77.6 Å². The van der Waals surface area contributed by atoms with Crippen LogP contribution in [0.1, 0.15) is 57.6 Å². The van der Waals surface area contributed by atoms with Crippen LogP contribution in [0.15, 0.2) is 70.7 Å². The first kappa shape index (κ1) is 48.8. The average Bonchev–Trinajstić information content (AvgIpc) is 3.15. The van der Waals surface area contributed by atoms with E-state index in [1.807, 2.05) is 13.8 Å². The number of imide groups is 1. The monoisotopic (exact) mass is 821 g/mol. The van der Waals surface area contributed by atoms with E-state index in [9.17, 15) is 33.2 Å². The van der Waals surface area contributed by atoms with E-state index in [2.05, 4.69) is 25.9 Å². The van der Waals surface area contributed by atoms with Gasteiger partial charge in [0.2, 0.25) is 29.5 Å². The molecule has 0 aliphatic heterocycles. The van der Waals surface area contributed by atoms with Crippen molar-refractivity contribution in [2.45, 2.75) is 77.0 Å². The minimum absolute atomic E-state index is 0.0302. The van der Waals surface area contributed by atoms with E-state index in [1.54, 1.807) is 68.3 Å². The van der Waals surface area contributed by atoms with Crippen molar-refractivity contribution in [3.63, 3.8) is 0 Å². The van der Waals surface area contributed by atoms with Gasteiger partial charge in [-0.3, -0.25) is 43.7 Å². The van der Waals surface area contributed by atoms with Gasteiger partial charge in [0.15, 0.2) is 11.9 Å². The molecule has 59 heavy (non-hydrogen) atoms. The molecule has 9 N–H and O–H groups in total. The van der Waals surface area contributed by atoms with Gasteiger partial charge >= 0.3 is 0 Å². The van der Waals surface area contributed by atoms with Crippen LogP contribution >= 0.6 is 0 Å². The van der Waals surface area contributed by atoms with Gasteiger partial charge in [-0.05, 0) is 60.9 Å². The lowest BCUT2D eigenvalue weighted by atomic mass is 10.0. The minimum atomic E-state index is -1.49. The summed E-state index contributed by atoms with van der Waals surface area (Å²) in [7, 11) is 7.17. The van der Waals surface area contributed by atoms with Gasteiger partial charge in [0, 0.05) is 60.7 Å². The molecule has 0 aliphatic carbocycles.